The first-order valence-corrected chi connectivity index (χ1v) is 10.9. The average molecular weight is 445 g/mol. The van der Waals surface area contributed by atoms with Crippen LogP contribution in [0.3, 0.4) is 0 Å². The minimum atomic E-state index is -0.821. The van der Waals surface area contributed by atoms with Gasteiger partial charge in [-0.3, -0.25) is 10.1 Å². The first-order chi connectivity index (χ1) is 14.9. The molecule has 2 amide bonds. The summed E-state index contributed by atoms with van der Waals surface area (Å²) < 4.78 is 10.9. The third-order valence-electron chi connectivity index (χ3n) is 5.63. The van der Waals surface area contributed by atoms with Gasteiger partial charge >= 0.3 is 6.09 Å². The van der Waals surface area contributed by atoms with E-state index in [9.17, 15) is 9.59 Å². The van der Waals surface area contributed by atoms with Crippen molar-refractivity contribution in [2.45, 2.75) is 39.2 Å². The quantitative estimate of drug-likeness (QED) is 0.621. The zero-order chi connectivity index (χ0) is 22.3. The van der Waals surface area contributed by atoms with Gasteiger partial charge in [-0.1, -0.05) is 55.8 Å². The van der Waals surface area contributed by atoms with Crippen LogP contribution in [0.1, 0.15) is 43.7 Å². The Morgan fingerprint density at radius 2 is 1.77 bits per heavy atom. The van der Waals surface area contributed by atoms with E-state index in [0.717, 1.165) is 5.56 Å². The van der Waals surface area contributed by atoms with Crippen LogP contribution in [0.5, 0.6) is 0 Å². The third kappa shape index (κ3) is 6.21. The smallest absolute Gasteiger partial charge is 0.411 e. The number of nitrogens with one attached hydrogen (secondary N) is 2. The molecule has 1 fully saturated rings. The molecule has 0 radical (unpaired) electrons. The van der Waals surface area contributed by atoms with Crippen LogP contribution in [-0.2, 0) is 20.8 Å². The van der Waals surface area contributed by atoms with E-state index in [2.05, 4.69) is 24.5 Å². The Morgan fingerprint density at radius 1 is 1.10 bits per heavy atom. The van der Waals surface area contributed by atoms with Crippen LogP contribution in [0.15, 0.2) is 48.5 Å². The monoisotopic (exact) mass is 444 g/mol. The van der Waals surface area contributed by atoms with Crippen molar-refractivity contribution in [1.82, 2.24) is 5.32 Å². The molecule has 2 aromatic rings. The van der Waals surface area contributed by atoms with Gasteiger partial charge in [-0.15, -0.1) is 0 Å². The number of hydrogen-bond donors (Lipinski definition) is 2. The number of amides is 2. The summed E-state index contributed by atoms with van der Waals surface area (Å²) in [5, 5.41) is 6.28. The molecule has 1 saturated heterocycles. The fourth-order valence-electron chi connectivity index (χ4n) is 3.51. The molecule has 0 aromatic heterocycles. The Balaban J connectivity index is 1.58. The van der Waals surface area contributed by atoms with Crippen LogP contribution < -0.4 is 10.6 Å². The molecule has 0 saturated carbocycles. The number of anilines is 1. The Bertz CT molecular complexity index is 893. The minimum Gasteiger partial charge on any atom is -0.448 e. The van der Waals surface area contributed by atoms with Crippen LogP contribution in [0.25, 0.3) is 0 Å². The van der Waals surface area contributed by atoms with Crippen LogP contribution in [0.2, 0.25) is 5.02 Å². The number of carbonyl (C=O) groups is 2. The molecule has 0 unspecified atom stereocenters. The highest BCUT2D eigenvalue weighted by Gasteiger charge is 2.41. The number of ether oxygens (including phenoxy) is 2. The Morgan fingerprint density at radius 3 is 2.42 bits per heavy atom. The molecule has 7 heteroatoms. The molecule has 3 rings (SSSR count). The standard InChI is InChI=1S/C24H29ClN2O4/c1-17(2)18-7-9-20(10-8-18)27-23(29)31-16-24(11-13-30-14-12-24)22(28)26-15-19-5-3-4-6-21(19)25/h3-10,17H,11-16H2,1-2H3,(H,26,28)(H,27,29). The largest absolute Gasteiger partial charge is 0.448 e. The van der Waals surface area contributed by atoms with Crippen molar-refractivity contribution in [3.05, 3.63) is 64.7 Å². The second-order valence-corrected chi connectivity index (χ2v) is 8.55. The summed E-state index contributed by atoms with van der Waals surface area (Å²) in [6.07, 6.45) is 0.386. The lowest BCUT2D eigenvalue weighted by atomic mass is 9.80. The van der Waals surface area contributed by atoms with Gasteiger partial charge in [-0.05, 0) is 48.1 Å². The molecule has 1 heterocycles. The number of carbonyl (C=O) groups excluding carboxylic acids is 2. The van der Waals surface area contributed by atoms with Crippen molar-refractivity contribution >= 4 is 29.3 Å². The molecule has 0 atom stereocenters. The molecule has 166 valence electrons. The average Bonchev–Trinajstić information content (AvgIpc) is 2.78. The molecule has 0 bridgehead atoms. The zero-order valence-electron chi connectivity index (χ0n) is 17.9. The summed E-state index contributed by atoms with van der Waals surface area (Å²) in [4.78, 5) is 25.4. The fraction of sp³-hybridized carbons (Fsp3) is 0.417. The van der Waals surface area contributed by atoms with Gasteiger partial charge in [-0.25, -0.2) is 4.79 Å². The first-order valence-electron chi connectivity index (χ1n) is 10.5. The second-order valence-electron chi connectivity index (χ2n) is 8.14. The van der Waals surface area contributed by atoms with E-state index < -0.39 is 11.5 Å². The van der Waals surface area contributed by atoms with Gasteiger partial charge in [0.2, 0.25) is 5.91 Å². The summed E-state index contributed by atoms with van der Waals surface area (Å²) >= 11 is 6.19. The van der Waals surface area contributed by atoms with Crippen molar-refractivity contribution in [3.8, 4) is 0 Å². The lowest BCUT2D eigenvalue weighted by Crippen LogP contribution is -2.48. The summed E-state index contributed by atoms with van der Waals surface area (Å²) in [5.74, 6) is 0.253. The fourth-order valence-corrected chi connectivity index (χ4v) is 3.72. The van der Waals surface area contributed by atoms with E-state index in [0.29, 0.717) is 49.2 Å². The molecule has 2 aromatic carbocycles. The summed E-state index contributed by atoms with van der Waals surface area (Å²) in [5.41, 5.74) is 1.86. The highest BCUT2D eigenvalue weighted by molar-refractivity contribution is 6.31. The van der Waals surface area contributed by atoms with E-state index in [4.69, 9.17) is 21.1 Å². The molecule has 0 aliphatic carbocycles. The van der Waals surface area contributed by atoms with Gasteiger partial charge in [0.15, 0.2) is 0 Å². The van der Waals surface area contributed by atoms with Gasteiger partial charge in [0, 0.05) is 30.5 Å². The molecule has 6 nitrogen and oxygen atoms in total. The van der Waals surface area contributed by atoms with Crippen LogP contribution in [-0.4, -0.2) is 31.8 Å². The Kier molecular flexibility index (Phi) is 7.93. The molecule has 31 heavy (non-hydrogen) atoms. The molecular formula is C24H29ClN2O4. The van der Waals surface area contributed by atoms with E-state index in [-0.39, 0.29) is 12.5 Å². The van der Waals surface area contributed by atoms with Crippen LogP contribution >= 0.6 is 11.6 Å². The lowest BCUT2D eigenvalue weighted by Gasteiger charge is -2.35. The van der Waals surface area contributed by atoms with E-state index in [1.54, 1.807) is 6.07 Å². The van der Waals surface area contributed by atoms with Gasteiger partial charge in [0.1, 0.15) is 6.61 Å². The zero-order valence-corrected chi connectivity index (χ0v) is 18.7. The third-order valence-corrected chi connectivity index (χ3v) is 6.00. The first kappa shape index (κ1) is 23.1. The summed E-state index contributed by atoms with van der Waals surface area (Å²) in [6.45, 7) is 5.42. The van der Waals surface area contributed by atoms with Crippen molar-refractivity contribution in [1.29, 1.82) is 0 Å². The van der Waals surface area contributed by atoms with Gasteiger partial charge < -0.3 is 14.8 Å². The lowest BCUT2D eigenvalue weighted by molar-refractivity contribution is -0.140. The van der Waals surface area contributed by atoms with E-state index in [1.807, 2.05) is 42.5 Å². The maximum Gasteiger partial charge on any atom is 0.411 e. The summed E-state index contributed by atoms with van der Waals surface area (Å²) in [7, 11) is 0. The maximum absolute atomic E-state index is 13.1. The van der Waals surface area contributed by atoms with Crippen LogP contribution in [0, 0.1) is 5.41 Å². The number of halogens is 1. The highest BCUT2D eigenvalue weighted by atomic mass is 35.5. The number of benzene rings is 2. The van der Waals surface area contributed by atoms with Crippen molar-refractivity contribution in [3.63, 3.8) is 0 Å². The minimum absolute atomic E-state index is 0.0133. The molecule has 1 aliphatic rings. The molecule has 2 N–H and O–H groups in total. The maximum atomic E-state index is 13.1. The van der Waals surface area contributed by atoms with Gasteiger partial charge in [0.05, 0.1) is 5.41 Å². The van der Waals surface area contributed by atoms with E-state index >= 15 is 0 Å². The predicted molar refractivity (Wildman–Crippen MR) is 121 cm³/mol. The normalized spacial score (nSPS) is 15.4. The number of rotatable bonds is 7. The van der Waals surface area contributed by atoms with Crippen molar-refractivity contribution in [2.24, 2.45) is 5.41 Å². The second kappa shape index (κ2) is 10.6. The highest BCUT2D eigenvalue weighted by Crippen LogP contribution is 2.32. The van der Waals surface area contributed by atoms with Crippen molar-refractivity contribution < 1.29 is 19.1 Å². The van der Waals surface area contributed by atoms with Crippen molar-refractivity contribution in [2.75, 3.05) is 25.1 Å². The summed E-state index contributed by atoms with van der Waals surface area (Å²) in [6, 6.07) is 15.0. The Labute approximate surface area is 188 Å². The predicted octanol–water partition coefficient (Wildman–Crippen LogP) is 5.13. The molecular weight excluding hydrogens is 416 g/mol. The van der Waals surface area contributed by atoms with E-state index in [1.165, 1.54) is 5.56 Å². The molecule has 1 aliphatic heterocycles. The Hall–Kier alpha value is -2.57. The topological polar surface area (TPSA) is 76.7 Å². The van der Waals surface area contributed by atoms with Gasteiger partial charge in [-0.2, -0.15) is 0 Å². The van der Waals surface area contributed by atoms with Gasteiger partial charge in [0.25, 0.3) is 0 Å². The molecule has 0 spiro atoms. The SMILES string of the molecule is CC(C)c1ccc(NC(=O)OCC2(C(=O)NCc3ccccc3Cl)CCOCC2)cc1. The number of hydrogen-bond acceptors (Lipinski definition) is 4. The van der Waals surface area contributed by atoms with Crippen LogP contribution in [0.4, 0.5) is 10.5 Å².